The molecule has 0 amide bonds. The van der Waals surface area contributed by atoms with Crippen LogP contribution in [0.15, 0.2) is 4.99 Å². The number of rotatable bonds is 0. The molecule has 1 aliphatic rings. The maximum absolute atomic E-state index is 8.52. The molecule has 1 unspecified atom stereocenters. The quantitative estimate of drug-likeness (QED) is 0.508. The van der Waals surface area contributed by atoms with Crippen molar-refractivity contribution >= 4 is 16.8 Å². The molecule has 1 heterocycles. The van der Waals surface area contributed by atoms with Gasteiger partial charge in [0, 0.05) is 6.54 Å². The maximum Gasteiger partial charge on any atom is 0.0958 e. The second-order valence-electron chi connectivity index (χ2n) is 1.89. The van der Waals surface area contributed by atoms with E-state index in [-0.39, 0.29) is 5.92 Å². The van der Waals surface area contributed by atoms with Gasteiger partial charge in [0.05, 0.1) is 17.0 Å². The van der Waals surface area contributed by atoms with Gasteiger partial charge in [-0.05, 0) is 12.7 Å². The summed E-state index contributed by atoms with van der Waals surface area (Å²) in [5.74, 6) is 0.0972. The van der Waals surface area contributed by atoms with Gasteiger partial charge in [0.25, 0.3) is 0 Å². The van der Waals surface area contributed by atoms with E-state index >= 15 is 0 Å². The monoisotopic (exact) mass is 140 g/mol. The molecule has 0 aromatic rings. The van der Waals surface area contributed by atoms with Crippen LogP contribution in [0.2, 0.25) is 0 Å². The van der Waals surface area contributed by atoms with E-state index in [1.54, 1.807) is 11.8 Å². The Morgan fingerprint density at radius 1 is 1.89 bits per heavy atom. The highest BCUT2D eigenvalue weighted by Gasteiger charge is 2.18. The molecule has 0 saturated carbocycles. The number of hydrogen-bond acceptors (Lipinski definition) is 3. The van der Waals surface area contributed by atoms with E-state index in [1.807, 2.05) is 6.26 Å². The van der Waals surface area contributed by atoms with Gasteiger partial charge in [0.1, 0.15) is 0 Å². The summed E-state index contributed by atoms with van der Waals surface area (Å²) in [6.07, 6.45) is 2.89. The van der Waals surface area contributed by atoms with Gasteiger partial charge in [-0.2, -0.15) is 5.26 Å². The zero-order valence-corrected chi connectivity index (χ0v) is 6.11. The summed E-state index contributed by atoms with van der Waals surface area (Å²) in [6, 6.07) is 2.21. The molecule has 0 radical (unpaired) electrons. The van der Waals surface area contributed by atoms with Gasteiger partial charge in [-0.15, -0.1) is 11.8 Å². The van der Waals surface area contributed by atoms with Crippen molar-refractivity contribution in [3.8, 4) is 6.07 Å². The third-order valence-electron chi connectivity index (χ3n) is 1.35. The highest BCUT2D eigenvalue weighted by molar-refractivity contribution is 8.13. The summed E-state index contributed by atoms with van der Waals surface area (Å²) in [6.45, 7) is 0.842. The number of thioether (sulfide) groups is 1. The molecule has 9 heavy (non-hydrogen) atoms. The van der Waals surface area contributed by atoms with Gasteiger partial charge in [-0.1, -0.05) is 0 Å². The largest absolute Gasteiger partial charge is 0.281 e. The van der Waals surface area contributed by atoms with E-state index in [2.05, 4.69) is 11.1 Å². The van der Waals surface area contributed by atoms with Crippen molar-refractivity contribution in [2.45, 2.75) is 6.42 Å². The standard InChI is InChI=1S/C6H8N2S/c1-9-6-5(4-7)2-3-8-6/h5H,2-3H2,1H3. The molecule has 0 fully saturated rings. The van der Waals surface area contributed by atoms with Crippen LogP contribution in [0.25, 0.3) is 0 Å². The number of nitriles is 1. The van der Waals surface area contributed by atoms with Crippen LogP contribution >= 0.6 is 11.8 Å². The molecule has 0 saturated heterocycles. The first kappa shape index (κ1) is 6.63. The molecule has 1 atom stereocenters. The lowest BCUT2D eigenvalue weighted by Crippen LogP contribution is -2.01. The van der Waals surface area contributed by atoms with Gasteiger partial charge in [-0.25, -0.2) is 0 Å². The van der Waals surface area contributed by atoms with Crippen molar-refractivity contribution in [1.29, 1.82) is 5.26 Å². The van der Waals surface area contributed by atoms with Crippen LogP contribution in [-0.4, -0.2) is 17.8 Å². The topological polar surface area (TPSA) is 36.1 Å². The Morgan fingerprint density at radius 2 is 2.67 bits per heavy atom. The predicted octanol–water partition coefficient (Wildman–Crippen LogP) is 1.29. The predicted molar refractivity (Wildman–Crippen MR) is 39.5 cm³/mol. The van der Waals surface area contributed by atoms with Crippen molar-refractivity contribution in [3.63, 3.8) is 0 Å². The van der Waals surface area contributed by atoms with Crippen molar-refractivity contribution in [1.82, 2.24) is 0 Å². The molecule has 1 rings (SSSR count). The van der Waals surface area contributed by atoms with Crippen LogP contribution in [0.3, 0.4) is 0 Å². The Labute approximate surface area is 59.0 Å². The Morgan fingerprint density at radius 3 is 3.11 bits per heavy atom. The second kappa shape index (κ2) is 2.88. The van der Waals surface area contributed by atoms with E-state index in [1.165, 1.54) is 0 Å². The van der Waals surface area contributed by atoms with Gasteiger partial charge < -0.3 is 0 Å². The number of nitrogens with zero attached hydrogens (tertiary/aromatic N) is 2. The minimum absolute atomic E-state index is 0.0972. The molecular formula is C6H8N2S. The molecule has 0 bridgehead atoms. The average Bonchev–Trinajstić information content (AvgIpc) is 2.33. The highest BCUT2D eigenvalue weighted by atomic mass is 32.2. The molecule has 1 aliphatic heterocycles. The fourth-order valence-electron chi connectivity index (χ4n) is 0.864. The lowest BCUT2D eigenvalue weighted by molar-refractivity contribution is 0.834. The van der Waals surface area contributed by atoms with Crippen LogP contribution in [0.4, 0.5) is 0 Å². The lowest BCUT2D eigenvalue weighted by atomic mass is 10.1. The van der Waals surface area contributed by atoms with E-state index in [0.717, 1.165) is 18.0 Å². The maximum atomic E-state index is 8.52. The molecule has 2 nitrogen and oxygen atoms in total. The van der Waals surface area contributed by atoms with E-state index in [4.69, 9.17) is 5.26 Å². The van der Waals surface area contributed by atoms with Crippen LogP contribution in [0, 0.1) is 17.2 Å². The molecule has 48 valence electrons. The Kier molecular flexibility index (Phi) is 2.12. The third kappa shape index (κ3) is 1.25. The van der Waals surface area contributed by atoms with Crippen molar-refractivity contribution in [3.05, 3.63) is 0 Å². The Balaban J connectivity index is 2.60. The molecule has 0 aromatic carbocycles. The van der Waals surface area contributed by atoms with Gasteiger partial charge >= 0.3 is 0 Å². The number of aliphatic imine (C=N–C) groups is 1. The first-order chi connectivity index (χ1) is 4.38. The Bertz CT molecular complexity index is 168. The molecular weight excluding hydrogens is 132 g/mol. The van der Waals surface area contributed by atoms with Crippen molar-refractivity contribution in [2.75, 3.05) is 12.8 Å². The van der Waals surface area contributed by atoms with Gasteiger partial charge in [0.15, 0.2) is 0 Å². The molecule has 3 heteroatoms. The first-order valence-corrected chi connectivity index (χ1v) is 4.09. The van der Waals surface area contributed by atoms with Crippen LogP contribution in [0.1, 0.15) is 6.42 Å². The highest BCUT2D eigenvalue weighted by Crippen LogP contribution is 2.19. The summed E-state index contributed by atoms with van der Waals surface area (Å²) in [5, 5.41) is 9.53. The lowest BCUT2D eigenvalue weighted by Gasteiger charge is -1.96. The zero-order chi connectivity index (χ0) is 6.69. The summed E-state index contributed by atoms with van der Waals surface area (Å²) >= 11 is 1.59. The SMILES string of the molecule is CSC1=NCCC1C#N. The van der Waals surface area contributed by atoms with Crippen LogP contribution < -0.4 is 0 Å². The molecule has 0 spiro atoms. The van der Waals surface area contributed by atoms with Crippen molar-refractivity contribution in [2.24, 2.45) is 10.9 Å². The first-order valence-electron chi connectivity index (χ1n) is 2.86. The minimum Gasteiger partial charge on any atom is -0.281 e. The minimum atomic E-state index is 0.0972. The smallest absolute Gasteiger partial charge is 0.0958 e. The Hall–Kier alpha value is -0.490. The fraction of sp³-hybridized carbons (Fsp3) is 0.667. The van der Waals surface area contributed by atoms with Crippen LogP contribution in [0.5, 0.6) is 0 Å². The van der Waals surface area contributed by atoms with Crippen LogP contribution in [-0.2, 0) is 0 Å². The third-order valence-corrected chi connectivity index (χ3v) is 2.18. The van der Waals surface area contributed by atoms with Gasteiger partial charge in [0.2, 0.25) is 0 Å². The number of hydrogen-bond donors (Lipinski definition) is 0. The zero-order valence-electron chi connectivity index (χ0n) is 5.29. The second-order valence-corrected chi connectivity index (χ2v) is 2.72. The summed E-state index contributed by atoms with van der Waals surface area (Å²) < 4.78 is 0. The van der Waals surface area contributed by atoms with E-state index < -0.39 is 0 Å². The normalized spacial score (nSPS) is 25.3. The van der Waals surface area contributed by atoms with E-state index in [9.17, 15) is 0 Å². The average molecular weight is 140 g/mol. The summed E-state index contributed by atoms with van der Waals surface area (Å²) in [4.78, 5) is 4.16. The fourth-order valence-corrected chi connectivity index (χ4v) is 1.54. The molecule has 0 aliphatic carbocycles. The molecule has 0 aromatic heterocycles. The summed E-state index contributed by atoms with van der Waals surface area (Å²) in [7, 11) is 0. The van der Waals surface area contributed by atoms with Gasteiger partial charge in [-0.3, -0.25) is 4.99 Å². The van der Waals surface area contributed by atoms with Crippen molar-refractivity contribution < 1.29 is 0 Å². The molecule has 0 N–H and O–H groups in total. The van der Waals surface area contributed by atoms with E-state index in [0.29, 0.717) is 0 Å². The summed E-state index contributed by atoms with van der Waals surface area (Å²) in [5.41, 5.74) is 0.